The molecule has 0 aliphatic carbocycles. The van der Waals surface area contributed by atoms with Gasteiger partial charge in [-0.1, -0.05) is 12.1 Å². The van der Waals surface area contributed by atoms with Crippen LogP contribution in [0.5, 0.6) is 0 Å². The molecule has 3 N–H and O–H groups in total. The number of nitrogens with two attached hydrogens (primary N) is 1. The van der Waals surface area contributed by atoms with Gasteiger partial charge in [-0.3, -0.25) is 0 Å². The van der Waals surface area contributed by atoms with Crippen molar-refractivity contribution in [3.63, 3.8) is 0 Å². The lowest BCUT2D eigenvalue weighted by Crippen LogP contribution is -2.45. The highest BCUT2D eigenvalue weighted by molar-refractivity contribution is 5.56. The normalized spacial score (nSPS) is 22.0. The number of para-hydroxylation sites is 1. The predicted molar refractivity (Wildman–Crippen MR) is 68.0 cm³/mol. The maximum atomic E-state index is 14.0. The molecule has 1 aromatic carbocycles. The molecular weight excluding hydrogens is 235 g/mol. The first-order valence-corrected chi connectivity index (χ1v) is 6.15. The third-order valence-electron chi connectivity index (χ3n) is 3.17. The molecule has 1 aliphatic rings. The van der Waals surface area contributed by atoms with Crippen molar-refractivity contribution in [2.24, 2.45) is 5.73 Å². The molecule has 18 heavy (non-hydrogen) atoms. The Bertz CT molecular complexity index is 412. The van der Waals surface area contributed by atoms with Gasteiger partial charge in [-0.25, -0.2) is 4.39 Å². The summed E-state index contributed by atoms with van der Waals surface area (Å²) in [7, 11) is 0. The molecule has 0 bridgehead atoms. The number of halogens is 1. The summed E-state index contributed by atoms with van der Waals surface area (Å²) in [5.74, 6) is -0.275. The number of aliphatic hydroxyl groups excluding tert-OH is 1. The van der Waals surface area contributed by atoms with Crippen molar-refractivity contribution in [3.8, 4) is 0 Å². The van der Waals surface area contributed by atoms with E-state index in [1.165, 1.54) is 6.07 Å². The zero-order valence-corrected chi connectivity index (χ0v) is 10.5. The van der Waals surface area contributed by atoms with E-state index in [2.05, 4.69) is 0 Å². The zero-order valence-electron chi connectivity index (χ0n) is 10.5. The van der Waals surface area contributed by atoms with E-state index in [9.17, 15) is 4.39 Å². The summed E-state index contributed by atoms with van der Waals surface area (Å²) in [5.41, 5.74) is 7.21. The number of hydrogen-bond acceptors (Lipinski definition) is 4. The van der Waals surface area contributed by atoms with E-state index in [4.69, 9.17) is 15.6 Å². The van der Waals surface area contributed by atoms with Crippen LogP contribution in [0.3, 0.4) is 0 Å². The molecule has 0 radical (unpaired) electrons. The summed E-state index contributed by atoms with van der Waals surface area (Å²) in [4.78, 5) is 1.90. The number of benzene rings is 1. The fourth-order valence-electron chi connectivity index (χ4n) is 2.27. The van der Waals surface area contributed by atoms with Crippen LogP contribution in [0.1, 0.15) is 18.5 Å². The molecule has 1 aromatic rings. The molecule has 4 nitrogen and oxygen atoms in total. The Morgan fingerprint density at radius 3 is 3.06 bits per heavy atom. The fourth-order valence-corrected chi connectivity index (χ4v) is 2.27. The smallest absolute Gasteiger partial charge is 0.146 e. The van der Waals surface area contributed by atoms with Crippen molar-refractivity contribution in [2.45, 2.75) is 19.1 Å². The van der Waals surface area contributed by atoms with Gasteiger partial charge in [-0.15, -0.1) is 0 Å². The van der Waals surface area contributed by atoms with Crippen LogP contribution in [0.2, 0.25) is 0 Å². The number of nitrogens with zero attached hydrogens (tertiary/aromatic N) is 1. The molecule has 100 valence electrons. The Kier molecular flexibility index (Phi) is 4.16. The first-order valence-electron chi connectivity index (χ1n) is 6.15. The van der Waals surface area contributed by atoms with Crippen molar-refractivity contribution >= 4 is 5.69 Å². The molecule has 2 rings (SSSR count). The zero-order chi connectivity index (χ0) is 13.1. The second-order valence-corrected chi connectivity index (χ2v) is 4.59. The monoisotopic (exact) mass is 254 g/mol. The lowest BCUT2D eigenvalue weighted by molar-refractivity contribution is 0.00335. The second-order valence-electron chi connectivity index (χ2n) is 4.59. The van der Waals surface area contributed by atoms with Gasteiger partial charge in [0.15, 0.2) is 0 Å². The summed E-state index contributed by atoms with van der Waals surface area (Å²) >= 11 is 0. The minimum atomic E-state index is -0.275. The summed E-state index contributed by atoms with van der Waals surface area (Å²) < 4.78 is 19.4. The van der Waals surface area contributed by atoms with E-state index in [0.29, 0.717) is 25.4 Å². The van der Waals surface area contributed by atoms with Gasteiger partial charge in [0.25, 0.3) is 0 Å². The Hall–Kier alpha value is -1.17. The number of aliphatic hydroxyl groups is 1. The van der Waals surface area contributed by atoms with Crippen LogP contribution in [0.4, 0.5) is 10.1 Å². The molecule has 2 unspecified atom stereocenters. The highest BCUT2D eigenvalue weighted by Gasteiger charge is 2.24. The standard InChI is InChI=1S/C13H19FN2O2/c1-9(15)11-3-2-4-12(14)13(11)16-5-6-18-10(7-16)8-17/h2-4,9-10,17H,5-8,15H2,1H3. The van der Waals surface area contributed by atoms with Gasteiger partial charge in [-0.2, -0.15) is 0 Å². The molecule has 1 saturated heterocycles. The quantitative estimate of drug-likeness (QED) is 0.846. The van der Waals surface area contributed by atoms with Gasteiger partial charge in [0.1, 0.15) is 5.82 Å². The second kappa shape index (κ2) is 5.65. The highest BCUT2D eigenvalue weighted by atomic mass is 19.1. The minimum absolute atomic E-state index is 0.0571. The first kappa shape index (κ1) is 13.3. The summed E-state index contributed by atoms with van der Waals surface area (Å²) in [6, 6.07) is 4.71. The molecule has 1 fully saturated rings. The molecule has 0 aromatic heterocycles. The van der Waals surface area contributed by atoms with Crippen molar-refractivity contribution in [3.05, 3.63) is 29.6 Å². The van der Waals surface area contributed by atoms with E-state index < -0.39 is 0 Å². The molecular formula is C13H19FN2O2. The Morgan fingerprint density at radius 1 is 1.61 bits per heavy atom. The van der Waals surface area contributed by atoms with Crippen molar-refractivity contribution < 1.29 is 14.2 Å². The van der Waals surface area contributed by atoms with Crippen molar-refractivity contribution in [2.75, 3.05) is 31.2 Å². The molecule has 2 atom stereocenters. The van der Waals surface area contributed by atoms with E-state index in [1.54, 1.807) is 6.07 Å². The maximum Gasteiger partial charge on any atom is 0.146 e. The molecule has 5 heteroatoms. The molecule has 0 spiro atoms. The van der Waals surface area contributed by atoms with Crippen LogP contribution in [0, 0.1) is 5.82 Å². The SMILES string of the molecule is CC(N)c1cccc(F)c1N1CCOC(CO)C1. The van der Waals surface area contributed by atoms with Gasteiger partial charge < -0.3 is 20.5 Å². The predicted octanol–water partition coefficient (Wildman–Crippen LogP) is 1.04. The summed E-state index contributed by atoms with van der Waals surface area (Å²) in [5, 5.41) is 9.13. The number of rotatable bonds is 3. The number of morpholine rings is 1. The van der Waals surface area contributed by atoms with Crippen molar-refractivity contribution in [1.29, 1.82) is 0 Å². The van der Waals surface area contributed by atoms with Gasteiger partial charge in [0, 0.05) is 19.1 Å². The van der Waals surface area contributed by atoms with Crippen LogP contribution >= 0.6 is 0 Å². The highest BCUT2D eigenvalue weighted by Crippen LogP contribution is 2.29. The van der Waals surface area contributed by atoms with Gasteiger partial charge >= 0.3 is 0 Å². The van der Waals surface area contributed by atoms with E-state index >= 15 is 0 Å². The maximum absolute atomic E-state index is 14.0. The Balaban J connectivity index is 2.31. The first-order chi connectivity index (χ1) is 8.63. The lowest BCUT2D eigenvalue weighted by Gasteiger charge is -2.35. The average molecular weight is 254 g/mol. The largest absolute Gasteiger partial charge is 0.394 e. The van der Waals surface area contributed by atoms with Gasteiger partial charge in [0.05, 0.1) is 25.0 Å². The number of hydrogen-bond donors (Lipinski definition) is 2. The third-order valence-corrected chi connectivity index (χ3v) is 3.17. The summed E-state index contributed by atoms with van der Waals surface area (Å²) in [6.07, 6.45) is -0.265. The molecule has 0 amide bonds. The van der Waals surface area contributed by atoms with Crippen LogP contribution in [-0.2, 0) is 4.74 Å². The van der Waals surface area contributed by atoms with Crippen molar-refractivity contribution in [1.82, 2.24) is 0 Å². The average Bonchev–Trinajstić information content (AvgIpc) is 2.38. The molecule has 0 saturated carbocycles. The van der Waals surface area contributed by atoms with E-state index in [-0.39, 0.29) is 24.6 Å². The topological polar surface area (TPSA) is 58.7 Å². The fraction of sp³-hybridized carbons (Fsp3) is 0.538. The van der Waals surface area contributed by atoms with Crippen LogP contribution in [-0.4, -0.2) is 37.5 Å². The minimum Gasteiger partial charge on any atom is -0.394 e. The van der Waals surface area contributed by atoms with E-state index in [0.717, 1.165) is 5.56 Å². The molecule has 1 aliphatic heterocycles. The lowest BCUT2D eigenvalue weighted by atomic mass is 10.0. The molecule has 1 heterocycles. The van der Waals surface area contributed by atoms with Gasteiger partial charge in [-0.05, 0) is 18.6 Å². The van der Waals surface area contributed by atoms with Crippen LogP contribution in [0.25, 0.3) is 0 Å². The van der Waals surface area contributed by atoms with E-state index in [1.807, 2.05) is 17.9 Å². The Labute approximate surface area is 106 Å². The van der Waals surface area contributed by atoms with Gasteiger partial charge in [0.2, 0.25) is 0 Å². The van der Waals surface area contributed by atoms with Crippen LogP contribution in [0.15, 0.2) is 18.2 Å². The number of ether oxygens (including phenoxy) is 1. The number of anilines is 1. The van der Waals surface area contributed by atoms with Crippen LogP contribution < -0.4 is 10.6 Å². The summed E-state index contributed by atoms with van der Waals surface area (Å²) in [6.45, 7) is 3.35. The third kappa shape index (κ3) is 2.63. The Morgan fingerprint density at radius 2 is 2.39 bits per heavy atom.